The number of aromatic nitrogens is 1. The van der Waals surface area contributed by atoms with Crippen molar-refractivity contribution in [2.24, 2.45) is 0 Å². The molecular weight excluding hydrogens is 402 g/mol. The van der Waals surface area contributed by atoms with Crippen molar-refractivity contribution in [2.75, 3.05) is 24.0 Å². The normalized spacial score (nSPS) is 12.6. The highest BCUT2D eigenvalue weighted by molar-refractivity contribution is 7.90. The summed E-state index contributed by atoms with van der Waals surface area (Å²) in [5.41, 5.74) is 7.62. The van der Waals surface area contributed by atoms with Gasteiger partial charge in [0.05, 0.1) is 22.6 Å². The molecule has 2 aromatic carbocycles. The first kappa shape index (κ1) is 21.7. The first-order valence-corrected chi connectivity index (χ1v) is 11.4. The monoisotopic (exact) mass is 427 g/mol. The molecular formula is C22H25N3O4S. The van der Waals surface area contributed by atoms with Crippen LogP contribution in [0.5, 0.6) is 0 Å². The van der Waals surface area contributed by atoms with E-state index in [0.717, 1.165) is 17.2 Å². The summed E-state index contributed by atoms with van der Waals surface area (Å²) in [5.74, 6) is 0.0946. The van der Waals surface area contributed by atoms with E-state index in [0.29, 0.717) is 23.4 Å². The Labute approximate surface area is 176 Å². The van der Waals surface area contributed by atoms with Crippen LogP contribution >= 0.6 is 0 Å². The summed E-state index contributed by atoms with van der Waals surface area (Å²) in [5, 5.41) is 0.922. The summed E-state index contributed by atoms with van der Waals surface area (Å²) in [6, 6.07) is 15.7. The maximum absolute atomic E-state index is 13.3. The molecule has 1 atom stereocenters. The maximum atomic E-state index is 13.3. The Bertz CT molecular complexity index is 1170. The standard InChI is InChI=1S/C22H25N3O4S/c1-4-19(29-2)22(26)25(18-7-5-6-8-20(18)30(3,27)28)14-15-9-10-16-11-12-21(23)24-17(16)13-15/h5-13,19H,4,14H2,1-3H3,(H2,23,24). The van der Waals surface area contributed by atoms with E-state index >= 15 is 0 Å². The second kappa shape index (κ2) is 8.81. The summed E-state index contributed by atoms with van der Waals surface area (Å²) < 4.78 is 30.1. The molecule has 0 aliphatic heterocycles. The minimum absolute atomic E-state index is 0.0902. The molecule has 0 saturated heterocycles. The number of pyridine rings is 1. The molecule has 2 N–H and O–H groups in total. The van der Waals surface area contributed by atoms with Crippen LogP contribution in [0.1, 0.15) is 18.9 Å². The predicted molar refractivity (Wildman–Crippen MR) is 118 cm³/mol. The van der Waals surface area contributed by atoms with E-state index in [1.54, 1.807) is 24.3 Å². The number of carbonyl (C=O) groups excluding carboxylic acids is 1. The van der Waals surface area contributed by atoms with Gasteiger partial charge >= 0.3 is 0 Å². The van der Waals surface area contributed by atoms with Crippen LogP contribution in [0.15, 0.2) is 59.5 Å². The van der Waals surface area contributed by atoms with E-state index in [9.17, 15) is 13.2 Å². The van der Waals surface area contributed by atoms with Gasteiger partial charge in [-0.3, -0.25) is 4.79 Å². The Hall–Kier alpha value is -2.97. The zero-order valence-electron chi connectivity index (χ0n) is 17.2. The third kappa shape index (κ3) is 4.60. The van der Waals surface area contributed by atoms with Gasteiger partial charge in [-0.15, -0.1) is 0 Å². The Kier molecular flexibility index (Phi) is 6.38. The van der Waals surface area contributed by atoms with Crippen LogP contribution in [0.4, 0.5) is 11.5 Å². The predicted octanol–water partition coefficient (Wildman–Crippen LogP) is 3.18. The average Bonchev–Trinajstić information content (AvgIpc) is 2.72. The van der Waals surface area contributed by atoms with Gasteiger partial charge in [-0.05, 0) is 42.3 Å². The van der Waals surface area contributed by atoms with Crippen molar-refractivity contribution >= 4 is 38.2 Å². The number of fused-ring (bicyclic) bond motifs is 1. The molecule has 1 amide bonds. The molecule has 3 rings (SSSR count). The first-order valence-electron chi connectivity index (χ1n) is 9.53. The van der Waals surface area contributed by atoms with Gasteiger partial charge in [-0.2, -0.15) is 0 Å². The van der Waals surface area contributed by atoms with Gasteiger partial charge in [-0.1, -0.05) is 31.2 Å². The summed E-state index contributed by atoms with van der Waals surface area (Å²) in [6.45, 7) is 2.01. The molecule has 0 fully saturated rings. The molecule has 3 aromatic rings. The fourth-order valence-electron chi connectivity index (χ4n) is 3.35. The molecule has 30 heavy (non-hydrogen) atoms. The largest absolute Gasteiger partial charge is 0.384 e. The second-order valence-corrected chi connectivity index (χ2v) is 9.04. The number of nitrogen functional groups attached to an aromatic ring is 1. The van der Waals surface area contributed by atoms with E-state index < -0.39 is 15.9 Å². The van der Waals surface area contributed by atoms with Gasteiger partial charge in [0.1, 0.15) is 11.9 Å². The lowest BCUT2D eigenvalue weighted by molar-refractivity contribution is -0.128. The van der Waals surface area contributed by atoms with Gasteiger partial charge in [0, 0.05) is 18.8 Å². The van der Waals surface area contributed by atoms with Crippen LogP contribution in [0.3, 0.4) is 0 Å². The lowest BCUT2D eigenvalue weighted by Gasteiger charge is -2.28. The minimum Gasteiger partial charge on any atom is -0.384 e. The lowest BCUT2D eigenvalue weighted by atomic mass is 10.1. The van der Waals surface area contributed by atoms with Crippen molar-refractivity contribution < 1.29 is 17.9 Å². The second-order valence-electron chi connectivity index (χ2n) is 7.06. The summed E-state index contributed by atoms with van der Waals surface area (Å²) in [4.78, 5) is 19.2. The fourth-order valence-corrected chi connectivity index (χ4v) is 4.23. The van der Waals surface area contributed by atoms with Crippen LogP contribution < -0.4 is 10.6 Å². The molecule has 0 spiro atoms. The Balaban J connectivity index is 2.11. The summed E-state index contributed by atoms with van der Waals surface area (Å²) in [6.07, 6.45) is 0.903. The van der Waals surface area contributed by atoms with Gasteiger partial charge in [0.25, 0.3) is 5.91 Å². The number of amides is 1. The number of benzene rings is 2. The number of anilines is 2. The number of methoxy groups -OCH3 is 1. The Morgan fingerprint density at radius 1 is 1.17 bits per heavy atom. The number of nitrogens with two attached hydrogens (primary N) is 1. The highest BCUT2D eigenvalue weighted by atomic mass is 32.2. The van der Waals surface area contributed by atoms with E-state index in [2.05, 4.69) is 4.98 Å². The molecule has 158 valence electrons. The zero-order chi connectivity index (χ0) is 21.9. The summed E-state index contributed by atoms with van der Waals surface area (Å²) >= 11 is 0. The number of rotatable bonds is 7. The van der Waals surface area contributed by atoms with Crippen LogP contribution in [0.25, 0.3) is 10.9 Å². The van der Waals surface area contributed by atoms with E-state index in [4.69, 9.17) is 10.5 Å². The van der Waals surface area contributed by atoms with Crippen molar-refractivity contribution in [1.29, 1.82) is 0 Å². The van der Waals surface area contributed by atoms with E-state index in [1.807, 2.05) is 31.2 Å². The van der Waals surface area contributed by atoms with E-state index in [1.165, 1.54) is 18.1 Å². The number of para-hydroxylation sites is 1. The molecule has 8 heteroatoms. The number of carbonyl (C=O) groups is 1. The smallest absolute Gasteiger partial charge is 0.256 e. The van der Waals surface area contributed by atoms with Crippen LogP contribution in [0.2, 0.25) is 0 Å². The molecule has 0 saturated carbocycles. The highest BCUT2D eigenvalue weighted by Crippen LogP contribution is 2.28. The average molecular weight is 428 g/mol. The van der Waals surface area contributed by atoms with Crippen LogP contribution in [-0.4, -0.2) is 38.8 Å². The molecule has 0 bridgehead atoms. The third-order valence-electron chi connectivity index (χ3n) is 4.87. The topological polar surface area (TPSA) is 103 Å². The Morgan fingerprint density at radius 2 is 1.87 bits per heavy atom. The van der Waals surface area contributed by atoms with Gasteiger partial charge in [0.2, 0.25) is 0 Å². The van der Waals surface area contributed by atoms with Crippen molar-refractivity contribution in [2.45, 2.75) is 30.9 Å². The number of hydrogen-bond acceptors (Lipinski definition) is 6. The summed E-state index contributed by atoms with van der Waals surface area (Å²) in [7, 11) is -2.08. The van der Waals surface area contributed by atoms with Crippen molar-refractivity contribution in [1.82, 2.24) is 4.98 Å². The highest BCUT2D eigenvalue weighted by Gasteiger charge is 2.28. The fraction of sp³-hybridized carbons (Fsp3) is 0.273. The van der Waals surface area contributed by atoms with Crippen molar-refractivity contribution in [3.05, 3.63) is 60.2 Å². The van der Waals surface area contributed by atoms with Crippen molar-refractivity contribution in [3.8, 4) is 0 Å². The van der Waals surface area contributed by atoms with Gasteiger partial charge in [-0.25, -0.2) is 13.4 Å². The molecule has 1 heterocycles. The zero-order valence-corrected chi connectivity index (χ0v) is 18.0. The molecule has 0 aliphatic carbocycles. The number of sulfone groups is 1. The molecule has 0 radical (unpaired) electrons. The van der Waals surface area contributed by atoms with Gasteiger partial charge < -0.3 is 15.4 Å². The van der Waals surface area contributed by atoms with Gasteiger partial charge in [0.15, 0.2) is 9.84 Å². The molecule has 0 aliphatic rings. The van der Waals surface area contributed by atoms with E-state index in [-0.39, 0.29) is 17.3 Å². The number of hydrogen-bond donors (Lipinski definition) is 1. The molecule has 1 aromatic heterocycles. The lowest BCUT2D eigenvalue weighted by Crippen LogP contribution is -2.40. The van der Waals surface area contributed by atoms with Crippen LogP contribution in [0, 0.1) is 0 Å². The maximum Gasteiger partial charge on any atom is 0.256 e. The number of ether oxygens (including phenoxy) is 1. The Morgan fingerprint density at radius 3 is 2.53 bits per heavy atom. The van der Waals surface area contributed by atoms with Crippen molar-refractivity contribution in [3.63, 3.8) is 0 Å². The SMILES string of the molecule is CCC(OC)C(=O)N(Cc1ccc2ccc(N)nc2c1)c1ccccc1S(C)(=O)=O. The first-order chi connectivity index (χ1) is 14.2. The minimum atomic E-state index is -3.55. The quantitative estimate of drug-likeness (QED) is 0.621. The number of nitrogens with zero attached hydrogens (tertiary/aromatic N) is 2. The third-order valence-corrected chi connectivity index (χ3v) is 6.02. The van der Waals surface area contributed by atoms with Crippen LogP contribution in [-0.2, 0) is 25.9 Å². The molecule has 1 unspecified atom stereocenters. The molecule has 7 nitrogen and oxygen atoms in total.